The Labute approximate surface area is 69.7 Å². The number of halogens is 1. The zero-order chi connectivity index (χ0) is 8.43. The van der Waals surface area contributed by atoms with Crippen molar-refractivity contribution in [3.63, 3.8) is 0 Å². The SMILES string of the molecule is CCN1C(N)=NC(N)=NC1Cl. The van der Waals surface area contributed by atoms with Crippen LogP contribution in [0.4, 0.5) is 0 Å². The van der Waals surface area contributed by atoms with E-state index in [-0.39, 0.29) is 5.96 Å². The van der Waals surface area contributed by atoms with Gasteiger partial charge in [-0.05, 0) is 6.92 Å². The quantitative estimate of drug-likeness (QED) is 0.416. The Morgan fingerprint density at radius 3 is 2.73 bits per heavy atom. The minimum absolute atomic E-state index is 0.132. The van der Waals surface area contributed by atoms with E-state index in [1.807, 2.05) is 6.92 Å². The lowest BCUT2D eigenvalue weighted by molar-refractivity contribution is 0.407. The van der Waals surface area contributed by atoms with E-state index in [1.165, 1.54) is 0 Å². The van der Waals surface area contributed by atoms with E-state index in [4.69, 9.17) is 23.1 Å². The van der Waals surface area contributed by atoms with E-state index in [0.29, 0.717) is 12.5 Å². The van der Waals surface area contributed by atoms with Gasteiger partial charge in [0.25, 0.3) is 0 Å². The van der Waals surface area contributed by atoms with Gasteiger partial charge in [-0.15, -0.1) is 0 Å². The summed E-state index contributed by atoms with van der Waals surface area (Å²) in [6.07, 6.45) is 0. The number of hydrogen-bond acceptors (Lipinski definition) is 5. The highest BCUT2D eigenvalue weighted by Gasteiger charge is 2.19. The first-order valence-electron chi connectivity index (χ1n) is 3.23. The molecule has 1 aliphatic rings. The first-order valence-corrected chi connectivity index (χ1v) is 3.67. The molecule has 0 fully saturated rings. The van der Waals surface area contributed by atoms with E-state index < -0.39 is 5.62 Å². The molecule has 1 atom stereocenters. The van der Waals surface area contributed by atoms with E-state index in [1.54, 1.807) is 4.90 Å². The monoisotopic (exact) mass is 175 g/mol. The fraction of sp³-hybridized carbons (Fsp3) is 0.600. The van der Waals surface area contributed by atoms with Crippen molar-refractivity contribution in [1.82, 2.24) is 4.90 Å². The Kier molecular flexibility index (Phi) is 2.19. The predicted octanol–water partition coefficient (Wildman–Crippen LogP) is -0.526. The average Bonchev–Trinajstić information content (AvgIpc) is 1.85. The Balaban J connectivity index is 2.82. The lowest BCUT2D eigenvalue weighted by Crippen LogP contribution is -2.45. The van der Waals surface area contributed by atoms with Crippen LogP contribution < -0.4 is 11.5 Å². The molecule has 0 bridgehead atoms. The molecule has 0 radical (unpaired) electrons. The number of nitrogens with two attached hydrogens (primary N) is 2. The number of guanidine groups is 2. The highest BCUT2D eigenvalue weighted by atomic mass is 35.5. The molecule has 5 nitrogen and oxygen atoms in total. The number of aliphatic imine (C=N–C) groups is 2. The van der Waals surface area contributed by atoms with Crippen LogP contribution in [0.3, 0.4) is 0 Å². The zero-order valence-corrected chi connectivity index (χ0v) is 6.91. The molecular formula is C5H10ClN5. The number of nitrogens with zero attached hydrogens (tertiary/aromatic N) is 3. The number of alkyl halides is 1. The van der Waals surface area contributed by atoms with Crippen molar-refractivity contribution >= 4 is 23.5 Å². The molecule has 1 unspecified atom stereocenters. The summed E-state index contributed by atoms with van der Waals surface area (Å²) in [5.74, 6) is 0.451. The minimum Gasteiger partial charge on any atom is -0.369 e. The standard InChI is InChI=1S/C5H10ClN5/c1-2-11-3(6)9-4(7)10-5(11)8/h3H,2H2,1H3,(H4,7,8,9,10). The van der Waals surface area contributed by atoms with Gasteiger partial charge < -0.3 is 16.4 Å². The van der Waals surface area contributed by atoms with Crippen LogP contribution in [0, 0.1) is 0 Å². The third kappa shape index (κ3) is 1.54. The van der Waals surface area contributed by atoms with Crippen LogP contribution in [0.25, 0.3) is 0 Å². The third-order valence-corrected chi connectivity index (χ3v) is 1.69. The van der Waals surface area contributed by atoms with E-state index >= 15 is 0 Å². The molecular weight excluding hydrogens is 166 g/mol. The highest BCUT2D eigenvalue weighted by Crippen LogP contribution is 2.09. The molecule has 0 saturated heterocycles. The number of rotatable bonds is 1. The van der Waals surface area contributed by atoms with Crippen LogP contribution >= 0.6 is 11.6 Å². The van der Waals surface area contributed by atoms with Gasteiger partial charge >= 0.3 is 0 Å². The molecule has 4 N–H and O–H groups in total. The molecule has 0 aliphatic carbocycles. The molecule has 0 spiro atoms. The molecule has 0 aromatic rings. The minimum atomic E-state index is -0.516. The molecule has 11 heavy (non-hydrogen) atoms. The summed E-state index contributed by atoms with van der Waals surface area (Å²) < 4.78 is 0. The predicted molar refractivity (Wildman–Crippen MR) is 45.3 cm³/mol. The molecule has 0 aromatic heterocycles. The van der Waals surface area contributed by atoms with Crippen LogP contribution in [0.1, 0.15) is 6.92 Å². The lowest BCUT2D eigenvalue weighted by Gasteiger charge is -2.26. The maximum atomic E-state index is 5.77. The Bertz CT molecular complexity index is 211. The first kappa shape index (κ1) is 8.13. The first-order chi connectivity index (χ1) is 5.15. The summed E-state index contributed by atoms with van der Waals surface area (Å²) in [6.45, 7) is 2.58. The topological polar surface area (TPSA) is 80.0 Å². The average molecular weight is 176 g/mol. The Morgan fingerprint density at radius 2 is 2.27 bits per heavy atom. The normalized spacial score (nSPS) is 24.5. The van der Waals surface area contributed by atoms with Gasteiger partial charge in [-0.25, -0.2) is 4.99 Å². The van der Waals surface area contributed by atoms with Gasteiger partial charge in [0.2, 0.25) is 17.5 Å². The molecule has 0 aromatic carbocycles. The van der Waals surface area contributed by atoms with E-state index in [2.05, 4.69) is 9.98 Å². The fourth-order valence-electron chi connectivity index (χ4n) is 0.811. The van der Waals surface area contributed by atoms with Gasteiger partial charge in [-0.3, -0.25) is 0 Å². The zero-order valence-electron chi connectivity index (χ0n) is 6.16. The van der Waals surface area contributed by atoms with Crippen LogP contribution in [-0.4, -0.2) is 29.0 Å². The van der Waals surface area contributed by atoms with E-state index in [9.17, 15) is 0 Å². The van der Waals surface area contributed by atoms with Crippen molar-refractivity contribution in [3.05, 3.63) is 0 Å². The molecule has 1 aliphatic heterocycles. The van der Waals surface area contributed by atoms with Crippen LogP contribution in [-0.2, 0) is 0 Å². The molecule has 6 heteroatoms. The fourth-order valence-corrected chi connectivity index (χ4v) is 1.15. The Morgan fingerprint density at radius 1 is 1.64 bits per heavy atom. The summed E-state index contributed by atoms with van der Waals surface area (Å²) in [6, 6.07) is 0. The molecule has 1 heterocycles. The van der Waals surface area contributed by atoms with Gasteiger partial charge in [0.1, 0.15) is 0 Å². The van der Waals surface area contributed by atoms with Crippen LogP contribution in [0.5, 0.6) is 0 Å². The number of hydrogen-bond donors (Lipinski definition) is 2. The summed E-state index contributed by atoms with van der Waals surface area (Å²) in [4.78, 5) is 9.19. The van der Waals surface area contributed by atoms with Gasteiger partial charge in [0.05, 0.1) is 0 Å². The van der Waals surface area contributed by atoms with Crippen LogP contribution in [0.2, 0.25) is 0 Å². The summed E-state index contributed by atoms with van der Waals surface area (Å²) in [5.41, 5.74) is 10.3. The maximum absolute atomic E-state index is 5.77. The highest BCUT2D eigenvalue weighted by molar-refractivity contribution is 6.22. The van der Waals surface area contributed by atoms with Gasteiger partial charge in [0.15, 0.2) is 0 Å². The van der Waals surface area contributed by atoms with Crippen molar-refractivity contribution in [3.8, 4) is 0 Å². The van der Waals surface area contributed by atoms with Gasteiger partial charge in [-0.1, -0.05) is 11.6 Å². The lowest BCUT2D eigenvalue weighted by atomic mass is 10.6. The van der Waals surface area contributed by atoms with Crippen molar-refractivity contribution in [2.24, 2.45) is 21.5 Å². The second-order valence-electron chi connectivity index (χ2n) is 2.05. The molecule has 0 amide bonds. The Hall–Kier alpha value is -0.970. The smallest absolute Gasteiger partial charge is 0.221 e. The van der Waals surface area contributed by atoms with Crippen molar-refractivity contribution in [1.29, 1.82) is 0 Å². The molecule has 0 saturated carbocycles. The second kappa shape index (κ2) is 2.96. The second-order valence-corrected chi connectivity index (χ2v) is 2.44. The van der Waals surface area contributed by atoms with Crippen molar-refractivity contribution in [2.75, 3.05) is 6.54 Å². The summed E-state index contributed by atoms with van der Waals surface area (Å²) in [7, 11) is 0. The summed E-state index contributed by atoms with van der Waals surface area (Å²) >= 11 is 5.77. The third-order valence-electron chi connectivity index (χ3n) is 1.36. The molecule has 1 rings (SSSR count). The van der Waals surface area contributed by atoms with Gasteiger partial charge in [-0.2, -0.15) is 4.99 Å². The summed E-state index contributed by atoms with van der Waals surface area (Å²) in [5, 5.41) is 0. The largest absolute Gasteiger partial charge is 0.369 e. The van der Waals surface area contributed by atoms with E-state index in [0.717, 1.165) is 0 Å². The van der Waals surface area contributed by atoms with Gasteiger partial charge in [0, 0.05) is 6.54 Å². The maximum Gasteiger partial charge on any atom is 0.221 e. The molecule has 62 valence electrons. The van der Waals surface area contributed by atoms with Crippen LogP contribution in [0.15, 0.2) is 9.98 Å². The van der Waals surface area contributed by atoms with Crippen molar-refractivity contribution in [2.45, 2.75) is 12.5 Å². The van der Waals surface area contributed by atoms with Crippen molar-refractivity contribution < 1.29 is 0 Å².